The fourth-order valence-corrected chi connectivity index (χ4v) is 6.12. The number of H-pyrrole nitrogens is 1. The van der Waals surface area contributed by atoms with Gasteiger partial charge in [-0.25, -0.2) is 12.8 Å². The number of halogens is 1. The largest absolute Gasteiger partial charge is 0.360 e. The second kappa shape index (κ2) is 6.64. The lowest BCUT2D eigenvalue weighted by Gasteiger charge is -2.25. The van der Waals surface area contributed by atoms with Crippen LogP contribution in [0.5, 0.6) is 0 Å². The molecule has 0 bridgehead atoms. The van der Waals surface area contributed by atoms with Crippen molar-refractivity contribution >= 4 is 37.8 Å². The van der Waals surface area contributed by atoms with E-state index >= 15 is 0 Å². The van der Waals surface area contributed by atoms with Gasteiger partial charge >= 0.3 is 0 Å². The predicted octanol–water partition coefficient (Wildman–Crippen LogP) is 4.41. The molecule has 2 aromatic heterocycles. The highest BCUT2D eigenvalue weighted by molar-refractivity contribution is 7.91. The number of benzene rings is 1. The number of sulfonamides is 1. The van der Waals surface area contributed by atoms with Crippen LogP contribution in [0.1, 0.15) is 23.8 Å². The molecule has 26 heavy (non-hydrogen) atoms. The van der Waals surface area contributed by atoms with Crippen molar-refractivity contribution in [2.45, 2.75) is 24.0 Å². The van der Waals surface area contributed by atoms with Gasteiger partial charge in [-0.1, -0.05) is 13.0 Å². The third kappa shape index (κ3) is 3.00. The summed E-state index contributed by atoms with van der Waals surface area (Å²) < 4.78 is 40.9. The van der Waals surface area contributed by atoms with Crippen molar-refractivity contribution in [2.75, 3.05) is 13.1 Å². The number of hydrogen-bond donors (Lipinski definition) is 1. The number of aromatic amines is 1. The number of aromatic nitrogens is 1. The van der Waals surface area contributed by atoms with Gasteiger partial charge in [0.1, 0.15) is 10.0 Å². The maximum atomic E-state index is 13.4. The Morgan fingerprint density at radius 3 is 2.81 bits per heavy atom. The van der Waals surface area contributed by atoms with Crippen LogP contribution in [0.2, 0.25) is 0 Å². The summed E-state index contributed by atoms with van der Waals surface area (Å²) in [6, 6.07) is 8.27. The number of thiophene rings is 1. The number of aryl methyl sites for hydroxylation is 1. The van der Waals surface area contributed by atoms with Crippen LogP contribution < -0.4 is 0 Å². The third-order valence-corrected chi connectivity index (χ3v) is 8.30. The zero-order valence-electron chi connectivity index (χ0n) is 14.3. The van der Waals surface area contributed by atoms with Crippen LogP contribution >= 0.6 is 11.3 Å². The lowest BCUT2D eigenvalue weighted by atomic mass is 10.00. The van der Waals surface area contributed by atoms with Gasteiger partial charge < -0.3 is 4.98 Å². The first-order valence-electron chi connectivity index (χ1n) is 8.54. The van der Waals surface area contributed by atoms with E-state index in [2.05, 4.69) is 4.98 Å². The Hall–Kier alpha value is -1.96. The molecule has 1 aliphatic heterocycles. The van der Waals surface area contributed by atoms with Gasteiger partial charge in [-0.15, -0.1) is 11.3 Å². The molecule has 3 heterocycles. The summed E-state index contributed by atoms with van der Waals surface area (Å²) in [6.45, 7) is 2.82. The summed E-state index contributed by atoms with van der Waals surface area (Å²) in [4.78, 5) is 4.16. The standard InChI is InChI=1S/C19H19FN2O2S2/c1-2-15-4-6-19(25-15)26(23,24)22-9-7-13(8-10-22)17-12-21-18-11-14(20)3-5-16(17)18/h3-7,11-12,21H,2,8-10H2,1H3. The van der Waals surface area contributed by atoms with Gasteiger partial charge in [0.25, 0.3) is 10.0 Å². The summed E-state index contributed by atoms with van der Waals surface area (Å²) in [7, 11) is -3.44. The maximum absolute atomic E-state index is 13.4. The fraction of sp³-hybridized carbons (Fsp3) is 0.263. The molecule has 0 fully saturated rings. The molecule has 3 aromatic rings. The van der Waals surface area contributed by atoms with E-state index in [1.165, 1.54) is 27.8 Å². The molecule has 0 amide bonds. The number of rotatable bonds is 4. The predicted molar refractivity (Wildman–Crippen MR) is 103 cm³/mol. The van der Waals surface area contributed by atoms with Crippen LogP contribution in [0.3, 0.4) is 0 Å². The molecule has 0 radical (unpaired) electrons. The topological polar surface area (TPSA) is 53.2 Å². The summed E-state index contributed by atoms with van der Waals surface area (Å²) in [6.07, 6.45) is 5.30. The molecule has 0 unspecified atom stereocenters. The normalized spacial score (nSPS) is 16.2. The molecule has 1 aliphatic rings. The summed E-state index contributed by atoms with van der Waals surface area (Å²) >= 11 is 1.34. The van der Waals surface area contributed by atoms with Crippen LogP contribution in [-0.4, -0.2) is 30.8 Å². The second-order valence-electron chi connectivity index (χ2n) is 6.31. The Labute approximate surface area is 156 Å². The average Bonchev–Trinajstić information content (AvgIpc) is 3.28. The Bertz CT molecular complexity index is 1100. The smallest absolute Gasteiger partial charge is 0.252 e. The molecular formula is C19H19FN2O2S2. The van der Waals surface area contributed by atoms with E-state index in [9.17, 15) is 12.8 Å². The Morgan fingerprint density at radius 2 is 2.12 bits per heavy atom. The van der Waals surface area contributed by atoms with Gasteiger partial charge in [-0.05, 0) is 48.7 Å². The van der Waals surface area contributed by atoms with Crippen molar-refractivity contribution in [3.8, 4) is 0 Å². The molecule has 1 N–H and O–H groups in total. The lowest BCUT2D eigenvalue weighted by molar-refractivity contribution is 0.443. The van der Waals surface area contributed by atoms with E-state index in [-0.39, 0.29) is 5.82 Å². The van der Waals surface area contributed by atoms with E-state index in [1.807, 2.05) is 25.3 Å². The summed E-state index contributed by atoms with van der Waals surface area (Å²) in [5, 5.41) is 0.958. The Balaban J connectivity index is 1.59. The quantitative estimate of drug-likeness (QED) is 0.717. The lowest BCUT2D eigenvalue weighted by Crippen LogP contribution is -2.34. The monoisotopic (exact) mass is 390 g/mol. The first kappa shape index (κ1) is 17.5. The highest BCUT2D eigenvalue weighted by Crippen LogP contribution is 2.32. The third-order valence-electron chi connectivity index (χ3n) is 4.74. The fourth-order valence-electron chi connectivity index (χ4n) is 3.29. The zero-order valence-corrected chi connectivity index (χ0v) is 16.0. The van der Waals surface area contributed by atoms with E-state index in [4.69, 9.17) is 0 Å². The van der Waals surface area contributed by atoms with Crippen LogP contribution in [0.25, 0.3) is 16.5 Å². The SMILES string of the molecule is CCc1ccc(S(=O)(=O)N2CC=C(c3c[nH]c4cc(F)ccc34)CC2)s1. The molecule has 0 spiro atoms. The molecule has 1 aromatic carbocycles. The highest BCUT2D eigenvalue weighted by atomic mass is 32.2. The average molecular weight is 391 g/mol. The highest BCUT2D eigenvalue weighted by Gasteiger charge is 2.28. The molecule has 0 saturated heterocycles. The summed E-state index contributed by atoms with van der Waals surface area (Å²) in [5.41, 5.74) is 2.86. The van der Waals surface area contributed by atoms with Crippen LogP contribution in [-0.2, 0) is 16.4 Å². The van der Waals surface area contributed by atoms with Crippen molar-refractivity contribution in [1.82, 2.24) is 9.29 Å². The number of nitrogens with zero attached hydrogens (tertiary/aromatic N) is 1. The second-order valence-corrected chi connectivity index (χ2v) is 9.64. The number of hydrogen-bond acceptors (Lipinski definition) is 3. The van der Waals surface area contributed by atoms with E-state index in [1.54, 1.807) is 12.1 Å². The van der Waals surface area contributed by atoms with Crippen molar-refractivity contribution in [3.05, 3.63) is 58.9 Å². The van der Waals surface area contributed by atoms with Crippen molar-refractivity contribution in [2.24, 2.45) is 0 Å². The molecule has 4 rings (SSSR count). The Kier molecular flexibility index (Phi) is 4.46. The first-order valence-corrected chi connectivity index (χ1v) is 10.8. The van der Waals surface area contributed by atoms with Crippen molar-refractivity contribution in [3.63, 3.8) is 0 Å². The van der Waals surface area contributed by atoms with Crippen LogP contribution in [0.4, 0.5) is 4.39 Å². The number of fused-ring (bicyclic) bond motifs is 1. The molecule has 4 nitrogen and oxygen atoms in total. The zero-order chi connectivity index (χ0) is 18.3. The molecule has 0 atom stereocenters. The summed E-state index contributed by atoms with van der Waals surface area (Å²) in [5.74, 6) is -0.275. The van der Waals surface area contributed by atoms with Gasteiger partial charge in [-0.2, -0.15) is 4.31 Å². The van der Waals surface area contributed by atoms with Gasteiger partial charge in [0.15, 0.2) is 0 Å². The van der Waals surface area contributed by atoms with Gasteiger partial charge in [-0.3, -0.25) is 0 Å². The van der Waals surface area contributed by atoms with Crippen LogP contribution in [0.15, 0.2) is 46.8 Å². The first-order chi connectivity index (χ1) is 12.5. The number of nitrogens with one attached hydrogen (secondary N) is 1. The minimum absolute atomic E-state index is 0.275. The minimum atomic E-state index is -3.44. The molecular weight excluding hydrogens is 371 g/mol. The molecule has 7 heteroatoms. The van der Waals surface area contributed by atoms with Gasteiger partial charge in [0.2, 0.25) is 0 Å². The molecule has 0 aliphatic carbocycles. The van der Waals surface area contributed by atoms with E-state index in [0.717, 1.165) is 33.3 Å². The maximum Gasteiger partial charge on any atom is 0.252 e. The van der Waals surface area contributed by atoms with E-state index < -0.39 is 10.0 Å². The molecule has 136 valence electrons. The van der Waals surface area contributed by atoms with Crippen molar-refractivity contribution in [1.29, 1.82) is 0 Å². The minimum Gasteiger partial charge on any atom is -0.360 e. The van der Waals surface area contributed by atoms with E-state index in [0.29, 0.717) is 23.7 Å². The van der Waals surface area contributed by atoms with Crippen LogP contribution in [0, 0.1) is 5.82 Å². The van der Waals surface area contributed by atoms with Gasteiger partial charge in [0.05, 0.1) is 0 Å². The van der Waals surface area contributed by atoms with Gasteiger partial charge in [0, 0.05) is 40.6 Å². The Morgan fingerprint density at radius 1 is 1.27 bits per heavy atom. The van der Waals surface area contributed by atoms with Crippen molar-refractivity contribution < 1.29 is 12.8 Å². The molecule has 0 saturated carbocycles.